The summed E-state index contributed by atoms with van der Waals surface area (Å²) in [4.78, 5) is 30.7. The van der Waals surface area contributed by atoms with Crippen molar-refractivity contribution in [1.29, 1.82) is 0 Å². The number of fused-ring (bicyclic) bond motifs is 1. The van der Waals surface area contributed by atoms with Gasteiger partial charge in [0.25, 0.3) is 5.56 Å². The van der Waals surface area contributed by atoms with E-state index in [1.165, 1.54) is 4.57 Å². The number of aromatic amines is 1. The summed E-state index contributed by atoms with van der Waals surface area (Å²) in [5, 5.41) is 4.18. The first-order valence-corrected chi connectivity index (χ1v) is 7.76. The number of aromatic nitrogens is 4. The van der Waals surface area contributed by atoms with Gasteiger partial charge in [-0.3, -0.25) is 18.9 Å². The Hall–Kier alpha value is -3.42. The zero-order valence-electron chi connectivity index (χ0n) is 13.9. The van der Waals surface area contributed by atoms with Gasteiger partial charge in [-0.05, 0) is 12.5 Å². The number of hydrogen-bond donors (Lipinski definition) is 2. The molecule has 0 fully saturated rings. The predicted octanol–water partition coefficient (Wildman–Crippen LogP) is 1.45. The van der Waals surface area contributed by atoms with E-state index in [4.69, 9.17) is 0 Å². The molecule has 0 saturated carbocycles. The van der Waals surface area contributed by atoms with E-state index in [0.717, 1.165) is 5.56 Å². The highest BCUT2D eigenvalue weighted by Crippen LogP contribution is 2.15. The van der Waals surface area contributed by atoms with E-state index in [1.807, 2.05) is 49.4 Å². The normalized spacial score (nSPS) is 11.8. The van der Waals surface area contributed by atoms with E-state index in [-0.39, 0.29) is 0 Å². The van der Waals surface area contributed by atoms with Gasteiger partial charge in [0.2, 0.25) is 5.95 Å². The number of rotatable bonds is 5. The molecule has 3 aromatic rings. The monoisotopic (exact) mass is 338 g/mol. The highest BCUT2D eigenvalue weighted by atomic mass is 16.2. The topological polar surface area (TPSA) is 97.1 Å². The second-order valence-electron chi connectivity index (χ2n) is 5.39. The maximum absolute atomic E-state index is 12.2. The molecular weight excluding hydrogens is 320 g/mol. The summed E-state index contributed by atoms with van der Waals surface area (Å²) >= 11 is 0. The van der Waals surface area contributed by atoms with Gasteiger partial charge in [0.15, 0.2) is 11.2 Å². The summed E-state index contributed by atoms with van der Waals surface area (Å²) in [6.07, 6.45) is 5.42. The van der Waals surface area contributed by atoms with Crippen molar-refractivity contribution in [2.45, 2.75) is 13.5 Å². The molecular formula is C17H18N6O2. The van der Waals surface area contributed by atoms with Gasteiger partial charge < -0.3 is 0 Å². The number of nitrogens with zero attached hydrogens (tertiary/aromatic N) is 4. The third-order valence-corrected chi connectivity index (χ3v) is 3.71. The van der Waals surface area contributed by atoms with E-state index in [2.05, 4.69) is 20.5 Å². The van der Waals surface area contributed by atoms with Gasteiger partial charge in [-0.25, -0.2) is 10.2 Å². The van der Waals surface area contributed by atoms with Crippen molar-refractivity contribution in [3.05, 3.63) is 68.9 Å². The fourth-order valence-electron chi connectivity index (χ4n) is 2.41. The van der Waals surface area contributed by atoms with Crippen LogP contribution in [0.2, 0.25) is 0 Å². The Morgan fingerprint density at radius 1 is 1.28 bits per heavy atom. The zero-order chi connectivity index (χ0) is 17.8. The van der Waals surface area contributed by atoms with Crippen molar-refractivity contribution in [3.63, 3.8) is 0 Å². The molecule has 0 spiro atoms. The first kappa shape index (κ1) is 16.4. The van der Waals surface area contributed by atoms with Crippen molar-refractivity contribution >= 4 is 23.3 Å². The first-order valence-electron chi connectivity index (χ1n) is 7.76. The van der Waals surface area contributed by atoms with Gasteiger partial charge >= 0.3 is 5.69 Å². The van der Waals surface area contributed by atoms with Crippen molar-refractivity contribution in [2.24, 2.45) is 12.1 Å². The van der Waals surface area contributed by atoms with Crippen molar-refractivity contribution in [2.75, 3.05) is 5.43 Å². The van der Waals surface area contributed by atoms with Crippen LogP contribution in [0.1, 0.15) is 12.5 Å². The van der Waals surface area contributed by atoms with E-state index >= 15 is 0 Å². The summed E-state index contributed by atoms with van der Waals surface area (Å²) in [5.41, 5.74) is 3.42. The lowest BCUT2D eigenvalue weighted by Crippen LogP contribution is -2.29. The minimum Gasteiger partial charge on any atom is -0.299 e. The molecule has 2 N–H and O–H groups in total. The minimum absolute atomic E-state index is 0.302. The summed E-state index contributed by atoms with van der Waals surface area (Å²) in [6, 6.07) is 9.59. The van der Waals surface area contributed by atoms with Crippen LogP contribution in [0.4, 0.5) is 5.95 Å². The molecule has 2 aromatic heterocycles. The molecule has 0 saturated heterocycles. The van der Waals surface area contributed by atoms with E-state index in [1.54, 1.807) is 17.8 Å². The Morgan fingerprint density at radius 3 is 2.76 bits per heavy atom. The first-order chi connectivity index (χ1) is 12.1. The number of hydrazone groups is 1. The van der Waals surface area contributed by atoms with Crippen LogP contribution in [0.3, 0.4) is 0 Å². The molecule has 0 radical (unpaired) electrons. The lowest BCUT2D eigenvalue weighted by atomic mass is 10.2. The summed E-state index contributed by atoms with van der Waals surface area (Å²) < 4.78 is 2.98. The van der Waals surface area contributed by atoms with Crippen molar-refractivity contribution in [1.82, 2.24) is 19.1 Å². The smallest absolute Gasteiger partial charge is 0.299 e. The summed E-state index contributed by atoms with van der Waals surface area (Å²) in [7, 11) is 1.56. The fraction of sp³-hybridized carbons (Fsp3) is 0.176. The second-order valence-corrected chi connectivity index (χ2v) is 5.39. The molecule has 2 heterocycles. The van der Waals surface area contributed by atoms with Crippen LogP contribution in [0, 0.1) is 0 Å². The predicted molar refractivity (Wildman–Crippen MR) is 98.1 cm³/mol. The van der Waals surface area contributed by atoms with E-state index in [9.17, 15) is 9.59 Å². The maximum atomic E-state index is 12.2. The molecule has 128 valence electrons. The van der Waals surface area contributed by atoms with Crippen LogP contribution in [-0.2, 0) is 13.6 Å². The summed E-state index contributed by atoms with van der Waals surface area (Å²) in [6.45, 7) is 2.32. The molecule has 0 aliphatic rings. The van der Waals surface area contributed by atoms with Crippen LogP contribution in [0.25, 0.3) is 11.2 Å². The number of hydrogen-bond acceptors (Lipinski definition) is 5. The lowest BCUT2D eigenvalue weighted by Gasteiger charge is -2.04. The largest absolute Gasteiger partial charge is 0.329 e. The Bertz CT molecular complexity index is 1060. The van der Waals surface area contributed by atoms with Crippen LogP contribution < -0.4 is 16.7 Å². The van der Waals surface area contributed by atoms with Gasteiger partial charge in [-0.2, -0.15) is 10.1 Å². The number of H-pyrrole nitrogens is 1. The standard InChI is InChI=1S/C17H18N6O2/c1-3-4-10-23-13-14(22(2)17(25)20-15(13)24)19-16(23)21-18-11-12-8-6-5-7-9-12/h3-9,11H,10H2,1-2H3,(H,19,21)(H,20,24,25). The number of benzene rings is 1. The number of aryl methyl sites for hydroxylation is 1. The van der Waals surface area contributed by atoms with Crippen molar-refractivity contribution in [3.8, 4) is 0 Å². The quantitative estimate of drug-likeness (QED) is 0.418. The average Bonchev–Trinajstić information content (AvgIpc) is 2.98. The number of anilines is 1. The highest BCUT2D eigenvalue weighted by molar-refractivity contribution is 5.80. The fourth-order valence-corrected chi connectivity index (χ4v) is 2.41. The van der Waals surface area contributed by atoms with Gasteiger partial charge in [0.1, 0.15) is 0 Å². The lowest BCUT2D eigenvalue weighted by molar-refractivity contribution is 0.818. The van der Waals surface area contributed by atoms with Gasteiger partial charge in [0, 0.05) is 13.6 Å². The SMILES string of the molecule is CC=CCn1c(NN=Cc2ccccc2)nc2c1c(=O)[nH]c(=O)n2C. The zero-order valence-corrected chi connectivity index (χ0v) is 13.9. The third kappa shape index (κ3) is 3.27. The van der Waals surface area contributed by atoms with Gasteiger partial charge in [-0.1, -0.05) is 42.5 Å². The maximum Gasteiger partial charge on any atom is 0.329 e. The average molecular weight is 338 g/mol. The molecule has 1 aromatic carbocycles. The Kier molecular flexibility index (Phi) is 4.60. The van der Waals surface area contributed by atoms with Gasteiger partial charge in [0.05, 0.1) is 6.21 Å². The number of imidazole rings is 1. The Morgan fingerprint density at radius 2 is 2.04 bits per heavy atom. The molecule has 8 nitrogen and oxygen atoms in total. The van der Waals surface area contributed by atoms with Crippen LogP contribution in [-0.4, -0.2) is 25.3 Å². The molecule has 25 heavy (non-hydrogen) atoms. The summed E-state index contributed by atoms with van der Waals surface area (Å²) in [5.74, 6) is 0.381. The Labute approximate surface area is 143 Å². The minimum atomic E-state index is -0.507. The highest BCUT2D eigenvalue weighted by Gasteiger charge is 2.16. The van der Waals surface area contributed by atoms with E-state index < -0.39 is 11.2 Å². The number of nitrogens with one attached hydrogen (secondary N) is 2. The molecule has 0 aliphatic carbocycles. The van der Waals surface area contributed by atoms with Crippen LogP contribution in [0.15, 0.2) is 57.2 Å². The van der Waals surface area contributed by atoms with Crippen LogP contribution >= 0.6 is 0 Å². The Balaban J connectivity index is 2.06. The third-order valence-electron chi connectivity index (χ3n) is 3.71. The molecule has 0 aliphatic heterocycles. The molecule has 3 rings (SSSR count). The van der Waals surface area contributed by atoms with Gasteiger partial charge in [-0.15, -0.1) is 0 Å². The molecule has 0 bridgehead atoms. The second kappa shape index (κ2) is 7.00. The molecule has 8 heteroatoms. The van der Waals surface area contributed by atoms with Crippen molar-refractivity contribution < 1.29 is 0 Å². The molecule has 0 atom stereocenters. The van der Waals surface area contributed by atoms with E-state index in [0.29, 0.717) is 23.7 Å². The molecule has 0 amide bonds. The van der Waals surface area contributed by atoms with Crippen LogP contribution in [0.5, 0.6) is 0 Å². The number of allylic oxidation sites excluding steroid dienone is 2. The molecule has 0 unspecified atom stereocenters.